The summed E-state index contributed by atoms with van der Waals surface area (Å²) in [5.74, 6) is 0.475. The highest BCUT2D eigenvalue weighted by Gasteiger charge is 2.38. The minimum Gasteiger partial charge on any atom is -0.383 e. The maximum absolute atomic E-state index is 13.2. The highest BCUT2D eigenvalue weighted by molar-refractivity contribution is 5.99. The van der Waals surface area contributed by atoms with E-state index in [0.717, 1.165) is 50.4 Å². The van der Waals surface area contributed by atoms with Crippen molar-refractivity contribution in [2.24, 2.45) is 10.7 Å². The average Bonchev–Trinajstić information content (AvgIpc) is 3.53. The maximum Gasteiger partial charge on any atom is 0.416 e. The topological polar surface area (TPSA) is 41.6 Å². The van der Waals surface area contributed by atoms with Gasteiger partial charge in [0.15, 0.2) is 0 Å². The number of hydrogen-bond acceptors (Lipinski definition) is 2. The largest absolute Gasteiger partial charge is 0.416 e. The van der Waals surface area contributed by atoms with E-state index in [-0.39, 0.29) is 5.92 Å². The molecule has 4 rings (SSSR count). The highest BCUT2D eigenvalue weighted by Crippen LogP contribution is 2.44. The molecule has 0 aromatic heterocycles. The first kappa shape index (κ1) is 20.0. The Labute approximate surface area is 169 Å². The molecular formula is C23H26F3N3. The Morgan fingerprint density at radius 2 is 1.86 bits per heavy atom. The van der Waals surface area contributed by atoms with Crippen LogP contribution in [0.25, 0.3) is 0 Å². The molecule has 2 N–H and O–H groups in total. The zero-order valence-corrected chi connectivity index (χ0v) is 16.5. The summed E-state index contributed by atoms with van der Waals surface area (Å²) in [7, 11) is 2.07. The number of likely N-dealkylation sites (tertiary alicyclic amines) is 1. The van der Waals surface area contributed by atoms with Gasteiger partial charge in [-0.3, -0.25) is 4.99 Å². The van der Waals surface area contributed by atoms with Crippen molar-refractivity contribution in [2.75, 3.05) is 20.1 Å². The Morgan fingerprint density at radius 1 is 1.14 bits per heavy atom. The summed E-state index contributed by atoms with van der Waals surface area (Å²) < 4.78 is 39.6. The van der Waals surface area contributed by atoms with Gasteiger partial charge in [0.2, 0.25) is 0 Å². The summed E-state index contributed by atoms with van der Waals surface area (Å²) >= 11 is 0. The molecule has 0 bridgehead atoms. The number of benzene rings is 2. The van der Waals surface area contributed by atoms with Crippen LogP contribution >= 0.6 is 0 Å². The molecule has 1 saturated carbocycles. The van der Waals surface area contributed by atoms with Crippen LogP contribution in [0.15, 0.2) is 53.5 Å². The van der Waals surface area contributed by atoms with Crippen LogP contribution in [0.2, 0.25) is 0 Å². The summed E-state index contributed by atoms with van der Waals surface area (Å²) in [6.07, 6.45) is -0.708. The lowest BCUT2D eigenvalue weighted by Crippen LogP contribution is -2.44. The molecule has 1 heterocycles. The molecule has 6 heteroatoms. The zero-order chi connectivity index (χ0) is 20.6. The number of piperidine rings is 1. The SMILES string of the molecule is CN1CCCC(N=C(N)c2ccc(C(F)(F)F)cc2C2CC2)(c2ccccc2)C1. The summed E-state index contributed by atoms with van der Waals surface area (Å²) in [5.41, 5.74) is 7.78. The van der Waals surface area contributed by atoms with Crippen molar-refractivity contribution in [3.63, 3.8) is 0 Å². The van der Waals surface area contributed by atoms with Crippen molar-refractivity contribution in [3.8, 4) is 0 Å². The summed E-state index contributed by atoms with van der Waals surface area (Å²) in [6.45, 7) is 1.73. The molecule has 2 fully saturated rings. The van der Waals surface area contributed by atoms with Gasteiger partial charge in [0.25, 0.3) is 0 Å². The number of rotatable bonds is 4. The molecule has 2 aromatic carbocycles. The fourth-order valence-corrected chi connectivity index (χ4v) is 4.38. The molecule has 3 nitrogen and oxygen atoms in total. The number of halogens is 3. The van der Waals surface area contributed by atoms with Gasteiger partial charge in [0.05, 0.1) is 5.56 Å². The van der Waals surface area contributed by atoms with Gasteiger partial charge in [-0.2, -0.15) is 13.2 Å². The van der Waals surface area contributed by atoms with Crippen LogP contribution < -0.4 is 5.73 Å². The molecule has 1 atom stereocenters. The van der Waals surface area contributed by atoms with Gasteiger partial charge >= 0.3 is 6.18 Å². The summed E-state index contributed by atoms with van der Waals surface area (Å²) in [5, 5.41) is 0. The van der Waals surface area contributed by atoms with Crippen LogP contribution in [0.4, 0.5) is 13.2 Å². The number of amidine groups is 1. The van der Waals surface area contributed by atoms with Gasteiger partial charge in [-0.1, -0.05) is 36.4 Å². The van der Waals surface area contributed by atoms with Gasteiger partial charge in [0, 0.05) is 12.1 Å². The van der Waals surface area contributed by atoms with Gasteiger partial charge in [-0.25, -0.2) is 0 Å². The van der Waals surface area contributed by atoms with Crippen molar-refractivity contribution in [3.05, 3.63) is 70.8 Å². The Balaban J connectivity index is 1.78. The molecule has 154 valence electrons. The van der Waals surface area contributed by atoms with Crippen molar-refractivity contribution in [1.82, 2.24) is 4.90 Å². The van der Waals surface area contributed by atoms with E-state index < -0.39 is 17.3 Å². The maximum atomic E-state index is 13.2. The van der Waals surface area contributed by atoms with Gasteiger partial charge in [-0.15, -0.1) is 0 Å². The predicted octanol–water partition coefficient (Wildman–Crippen LogP) is 4.91. The fourth-order valence-electron chi connectivity index (χ4n) is 4.38. The van der Waals surface area contributed by atoms with E-state index in [1.807, 2.05) is 18.2 Å². The molecule has 0 amide bonds. The first-order chi connectivity index (χ1) is 13.8. The molecule has 2 aromatic rings. The second-order valence-electron chi connectivity index (χ2n) is 8.31. The molecule has 1 aliphatic heterocycles. The lowest BCUT2D eigenvalue weighted by Gasteiger charge is -2.39. The highest BCUT2D eigenvalue weighted by atomic mass is 19.4. The smallest absolute Gasteiger partial charge is 0.383 e. The lowest BCUT2D eigenvalue weighted by atomic mass is 9.82. The van der Waals surface area contributed by atoms with Crippen molar-refractivity contribution in [2.45, 2.75) is 43.3 Å². The third-order valence-electron chi connectivity index (χ3n) is 5.98. The Morgan fingerprint density at radius 3 is 2.48 bits per heavy atom. The van der Waals surface area contributed by atoms with E-state index >= 15 is 0 Å². The third-order valence-corrected chi connectivity index (χ3v) is 5.98. The average molecular weight is 401 g/mol. The van der Waals surface area contributed by atoms with Crippen molar-refractivity contribution >= 4 is 5.84 Å². The van der Waals surface area contributed by atoms with E-state index in [4.69, 9.17) is 10.7 Å². The van der Waals surface area contributed by atoms with Crippen LogP contribution in [-0.2, 0) is 11.7 Å². The fraction of sp³-hybridized carbons (Fsp3) is 0.435. The van der Waals surface area contributed by atoms with E-state index in [0.29, 0.717) is 17.0 Å². The third kappa shape index (κ3) is 4.17. The van der Waals surface area contributed by atoms with E-state index in [1.54, 1.807) is 0 Å². The number of alkyl halides is 3. The summed E-state index contributed by atoms with van der Waals surface area (Å²) in [6, 6.07) is 14.0. The van der Waals surface area contributed by atoms with Crippen LogP contribution in [0.1, 0.15) is 53.9 Å². The van der Waals surface area contributed by atoms with Crippen molar-refractivity contribution in [1.29, 1.82) is 0 Å². The monoisotopic (exact) mass is 401 g/mol. The van der Waals surface area contributed by atoms with Crippen LogP contribution in [0.3, 0.4) is 0 Å². The van der Waals surface area contributed by atoms with E-state index in [1.165, 1.54) is 12.1 Å². The molecule has 29 heavy (non-hydrogen) atoms. The molecule has 2 aliphatic rings. The quantitative estimate of drug-likeness (QED) is 0.584. The van der Waals surface area contributed by atoms with E-state index in [9.17, 15) is 13.2 Å². The second-order valence-corrected chi connectivity index (χ2v) is 8.31. The minimum atomic E-state index is -4.36. The number of likely N-dealkylation sites (N-methyl/N-ethyl adjacent to an activating group) is 1. The van der Waals surface area contributed by atoms with Crippen LogP contribution in [0.5, 0.6) is 0 Å². The minimum absolute atomic E-state index is 0.141. The first-order valence-corrected chi connectivity index (χ1v) is 10.1. The molecular weight excluding hydrogens is 375 g/mol. The molecule has 1 saturated heterocycles. The molecule has 1 aliphatic carbocycles. The van der Waals surface area contributed by atoms with Crippen LogP contribution in [-0.4, -0.2) is 30.9 Å². The molecule has 0 radical (unpaired) electrons. The number of hydrogen-bond donors (Lipinski definition) is 1. The van der Waals surface area contributed by atoms with E-state index in [2.05, 4.69) is 24.1 Å². The van der Waals surface area contributed by atoms with Crippen LogP contribution in [0, 0.1) is 0 Å². The number of nitrogens with zero attached hydrogens (tertiary/aromatic N) is 2. The zero-order valence-electron chi connectivity index (χ0n) is 16.5. The number of aliphatic imine (C=N–C) groups is 1. The summed E-state index contributed by atoms with van der Waals surface area (Å²) in [4.78, 5) is 7.23. The number of nitrogens with two attached hydrogens (primary N) is 1. The Kier molecular flexibility index (Phi) is 5.15. The van der Waals surface area contributed by atoms with Gasteiger partial charge in [0.1, 0.15) is 11.4 Å². The normalized spacial score (nSPS) is 23.9. The second kappa shape index (κ2) is 7.48. The standard InChI is InChI=1S/C23H26F3N3/c1-29-13-5-12-22(15-29,17-6-3-2-4-7-17)28-21(27)19-11-10-18(23(24,25)26)14-20(19)16-8-9-16/h2-4,6-7,10-11,14,16H,5,8-9,12-13,15H2,1H3,(H2,27,28). The Hall–Kier alpha value is -2.34. The Bertz CT molecular complexity index is 903. The first-order valence-electron chi connectivity index (χ1n) is 10.1. The van der Waals surface area contributed by atoms with Gasteiger partial charge in [-0.05, 0) is 68.5 Å². The van der Waals surface area contributed by atoms with Gasteiger partial charge < -0.3 is 10.6 Å². The molecule has 1 unspecified atom stereocenters. The molecule has 0 spiro atoms. The predicted molar refractivity (Wildman–Crippen MR) is 109 cm³/mol. The van der Waals surface area contributed by atoms with Crippen molar-refractivity contribution < 1.29 is 13.2 Å². The lowest BCUT2D eigenvalue weighted by molar-refractivity contribution is -0.137.